The summed E-state index contributed by atoms with van der Waals surface area (Å²) in [5.74, 6) is -0.245. The Balaban J connectivity index is 2.14. The molecule has 0 aliphatic heterocycles. The molecule has 0 fully saturated rings. The number of methoxy groups -OCH3 is 1. The summed E-state index contributed by atoms with van der Waals surface area (Å²) in [4.78, 5) is 14.5. The Labute approximate surface area is 118 Å². The Morgan fingerprint density at radius 1 is 1.19 bits per heavy atom. The van der Waals surface area contributed by atoms with Gasteiger partial charge in [0.05, 0.1) is 23.7 Å². The van der Waals surface area contributed by atoms with Gasteiger partial charge in [0.15, 0.2) is 5.58 Å². The summed E-state index contributed by atoms with van der Waals surface area (Å²) in [5, 5.41) is 10.9. The standard InChI is InChI=1S/C16H11NO4/c1-20-8-5-6-9-12(7-8)21-15-10-3-2-4-11(16(18)19)13(10)17-14(9)15/h2-7,17H,1H3,(H,18,19). The van der Waals surface area contributed by atoms with Gasteiger partial charge >= 0.3 is 5.97 Å². The van der Waals surface area contributed by atoms with Crippen molar-refractivity contribution >= 4 is 38.9 Å². The summed E-state index contributed by atoms with van der Waals surface area (Å²) in [5.41, 5.74) is 2.99. The van der Waals surface area contributed by atoms with Gasteiger partial charge in [-0.1, -0.05) is 6.07 Å². The molecule has 0 unspecified atom stereocenters. The van der Waals surface area contributed by atoms with E-state index in [1.807, 2.05) is 24.3 Å². The molecule has 0 amide bonds. The number of nitrogens with one attached hydrogen (secondary N) is 1. The van der Waals surface area contributed by atoms with Gasteiger partial charge in [0.25, 0.3) is 0 Å². The smallest absolute Gasteiger partial charge is 0.337 e. The monoisotopic (exact) mass is 281 g/mol. The van der Waals surface area contributed by atoms with Crippen molar-refractivity contribution in [2.45, 2.75) is 0 Å². The van der Waals surface area contributed by atoms with E-state index < -0.39 is 5.97 Å². The summed E-state index contributed by atoms with van der Waals surface area (Å²) >= 11 is 0. The van der Waals surface area contributed by atoms with E-state index in [-0.39, 0.29) is 5.56 Å². The number of carbonyl (C=O) groups is 1. The third-order valence-electron chi connectivity index (χ3n) is 3.69. The van der Waals surface area contributed by atoms with Crippen molar-refractivity contribution in [3.63, 3.8) is 0 Å². The molecule has 5 heteroatoms. The van der Waals surface area contributed by atoms with Crippen molar-refractivity contribution in [1.29, 1.82) is 0 Å². The molecule has 5 nitrogen and oxygen atoms in total. The highest BCUT2D eigenvalue weighted by Gasteiger charge is 2.17. The van der Waals surface area contributed by atoms with Gasteiger partial charge < -0.3 is 19.2 Å². The van der Waals surface area contributed by atoms with Crippen LogP contribution in [0.5, 0.6) is 5.75 Å². The van der Waals surface area contributed by atoms with Crippen LogP contribution in [0.15, 0.2) is 40.8 Å². The van der Waals surface area contributed by atoms with Crippen LogP contribution < -0.4 is 4.74 Å². The predicted octanol–water partition coefficient (Wildman–Crippen LogP) is 3.77. The normalized spacial score (nSPS) is 11.5. The molecule has 104 valence electrons. The first-order chi connectivity index (χ1) is 10.2. The van der Waals surface area contributed by atoms with Gasteiger partial charge in [0.2, 0.25) is 0 Å². The summed E-state index contributed by atoms with van der Waals surface area (Å²) in [6, 6.07) is 10.7. The Hall–Kier alpha value is -2.95. The lowest BCUT2D eigenvalue weighted by Gasteiger charge is -1.98. The molecule has 0 aliphatic rings. The molecule has 2 aromatic carbocycles. The molecule has 0 saturated carbocycles. The molecule has 2 heterocycles. The number of hydrogen-bond donors (Lipinski definition) is 2. The summed E-state index contributed by atoms with van der Waals surface area (Å²) < 4.78 is 11.1. The van der Waals surface area contributed by atoms with Crippen molar-refractivity contribution in [3.05, 3.63) is 42.0 Å². The first-order valence-electron chi connectivity index (χ1n) is 6.43. The minimum Gasteiger partial charge on any atom is -0.497 e. The van der Waals surface area contributed by atoms with Gasteiger partial charge in [0.1, 0.15) is 11.3 Å². The number of hydrogen-bond acceptors (Lipinski definition) is 3. The first kappa shape index (κ1) is 11.8. The van der Waals surface area contributed by atoms with Crippen LogP contribution in [-0.2, 0) is 0 Å². The third-order valence-corrected chi connectivity index (χ3v) is 3.69. The van der Waals surface area contributed by atoms with Crippen molar-refractivity contribution < 1.29 is 19.1 Å². The second-order valence-corrected chi connectivity index (χ2v) is 4.83. The van der Waals surface area contributed by atoms with Crippen molar-refractivity contribution in [1.82, 2.24) is 4.98 Å². The highest BCUT2D eigenvalue weighted by molar-refractivity contribution is 6.18. The molecule has 0 aliphatic carbocycles. The fraction of sp³-hybridized carbons (Fsp3) is 0.0625. The summed E-state index contributed by atoms with van der Waals surface area (Å²) in [6.07, 6.45) is 0. The minimum atomic E-state index is -0.963. The molecule has 0 spiro atoms. The highest BCUT2D eigenvalue weighted by atomic mass is 16.5. The predicted molar refractivity (Wildman–Crippen MR) is 79.1 cm³/mol. The number of carboxylic acids is 1. The van der Waals surface area contributed by atoms with Gasteiger partial charge in [-0.2, -0.15) is 0 Å². The lowest BCUT2D eigenvalue weighted by Crippen LogP contribution is -1.96. The van der Waals surface area contributed by atoms with Crippen molar-refractivity contribution in [2.24, 2.45) is 0 Å². The van der Waals surface area contributed by atoms with Crippen LogP contribution in [0.3, 0.4) is 0 Å². The molecular weight excluding hydrogens is 270 g/mol. The van der Waals surface area contributed by atoms with Crippen LogP contribution >= 0.6 is 0 Å². The number of carboxylic acid groups (broad SMARTS) is 1. The van der Waals surface area contributed by atoms with E-state index in [4.69, 9.17) is 9.15 Å². The van der Waals surface area contributed by atoms with E-state index >= 15 is 0 Å². The quantitative estimate of drug-likeness (QED) is 0.586. The zero-order valence-corrected chi connectivity index (χ0v) is 11.1. The Bertz CT molecular complexity index is 1010. The third kappa shape index (κ3) is 1.54. The average Bonchev–Trinajstić information content (AvgIpc) is 3.01. The molecule has 21 heavy (non-hydrogen) atoms. The molecule has 0 saturated heterocycles. The molecular formula is C16H11NO4. The lowest BCUT2D eigenvalue weighted by molar-refractivity contribution is 0.0699. The molecule has 2 aromatic heterocycles. The maximum absolute atomic E-state index is 11.3. The van der Waals surface area contributed by atoms with Gasteiger partial charge in [-0.05, 0) is 24.3 Å². The van der Waals surface area contributed by atoms with Gasteiger partial charge in [-0.25, -0.2) is 4.79 Å². The fourth-order valence-corrected chi connectivity index (χ4v) is 2.70. The number of fused-ring (bicyclic) bond motifs is 5. The molecule has 2 N–H and O–H groups in total. The fourth-order valence-electron chi connectivity index (χ4n) is 2.70. The second kappa shape index (κ2) is 4.02. The van der Waals surface area contributed by atoms with E-state index in [0.717, 1.165) is 22.0 Å². The summed E-state index contributed by atoms with van der Waals surface area (Å²) in [6.45, 7) is 0. The number of para-hydroxylation sites is 1. The Kier molecular flexibility index (Phi) is 2.27. The number of furan rings is 1. The Morgan fingerprint density at radius 2 is 2.05 bits per heavy atom. The van der Waals surface area contributed by atoms with E-state index in [1.165, 1.54) is 0 Å². The maximum Gasteiger partial charge on any atom is 0.337 e. The molecule has 0 radical (unpaired) electrons. The highest BCUT2D eigenvalue weighted by Crippen LogP contribution is 2.36. The van der Waals surface area contributed by atoms with Crippen molar-refractivity contribution in [2.75, 3.05) is 7.11 Å². The molecule has 0 bridgehead atoms. The largest absolute Gasteiger partial charge is 0.497 e. The summed E-state index contributed by atoms with van der Waals surface area (Å²) in [7, 11) is 1.60. The van der Waals surface area contributed by atoms with Crippen LogP contribution in [0.2, 0.25) is 0 Å². The van der Waals surface area contributed by atoms with Crippen LogP contribution in [-0.4, -0.2) is 23.2 Å². The van der Waals surface area contributed by atoms with E-state index in [1.54, 1.807) is 19.2 Å². The minimum absolute atomic E-state index is 0.237. The molecule has 0 atom stereocenters. The second-order valence-electron chi connectivity index (χ2n) is 4.83. The van der Waals surface area contributed by atoms with Crippen LogP contribution in [0.1, 0.15) is 10.4 Å². The number of rotatable bonds is 2. The van der Waals surface area contributed by atoms with E-state index in [2.05, 4.69) is 4.98 Å². The zero-order chi connectivity index (χ0) is 14.6. The number of aromatic nitrogens is 1. The molecule has 4 rings (SSSR count). The van der Waals surface area contributed by atoms with Crippen LogP contribution in [0, 0.1) is 0 Å². The topological polar surface area (TPSA) is 75.5 Å². The number of aromatic amines is 1. The SMILES string of the molecule is COc1ccc2c(c1)oc1c3cccc(C(=O)O)c3[nH]c21. The number of H-pyrrole nitrogens is 1. The van der Waals surface area contributed by atoms with E-state index in [9.17, 15) is 9.90 Å². The maximum atomic E-state index is 11.3. The van der Waals surface area contributed by atoms with E-state index in [0.29, 0.717) is 16.7 Å². The van der Waals surface area contributed by atoms with Crippen molar-refractivity contribution in [3.8, 4) is 5.75 Å². The van der Waals surface area contributed by atoms with Crippen LogP contribution in [0.25, 0.3) is 33.0 Å². The van der Waals surface area contributed by atoms with Gasteiger partial charge in [-0.15, -0.1) is 0 Å². The van der Waals surface area contributed by atoms with Crippen LogP contribution in [0.4, 0.5) is 0 Å². The lowest BCUT2D eigenvalue weighted by atomic mass is 10.1. The number of benzene rings is 2. The Morgan fingerprint density at radius 3 is 2.81 bits per heavy atom. The zero-order valence-electron chi connectivity index (χ0n) is 11.1. The molecule has 4 aromatic rings. The van der Waals surface area contributed by atoms with Gasteiger partial charge in [0, 0.05) is 16.8 Å². The number of ether oxygens (including phenoxy) is 1. The average molecular weight is 281 g/mol. The first-order valence-corrected chi connectivity index (χ1v) is 6.43. The van der Waals surface area contributed by atoms with Gasteiger partial charge in [-0.3, -0.25) is 0 Å². The number of aromatic carboxylic acids is 1.